The van der Waals surface area contributed by atoms with Gasteiger partial charge in [-0.3, -0.25) is 4.90 Å². The number of benzene rings is 1. The van der Waals surface area contributed by atoms with E-state index in [0.717, 1.165) is 6.07 Å². The third kappa shape index (κ3) is 3.44. The molecule has 0 saturated heterocycles. The first-order chi connectivity index (χ1) is 8.41. The number of nitrogens with two attached hydrogens (primary N) is 1. The van der Waals surface area contributed by atoms with E-state index in [-0.39, 0.29) is 25.3 Å². The average Bonchev–Trinajstić information content (AvgIpc) is 2.29. The van der Waals surface area contributed by atoms with Gasteiger partial charge in [0, 0.05) is 19.1 Å². The van der Waals surface area contributed by atoms with Gasteiger partial charge in [-0.1, -0.05) is 18.2 Å². The number of rotatable bonds is 5. The second-order valence-electron chi connectivity index (χ2n) is 4.04. The smallest absolute Gasteiger partial charge is 0.395 e. The Morgan fingerprint density at radius 1 is 1.33 bits per heavy atom. The van der Waals surface area contributed by atoms with Gasteiger partial charge in [0.15, 0.2) is 0 Å². The van der Waals surface area contributed by atoms with E-state index >= 15 is 0 Å². The van der Waals surface area contributed by atoms with Crippen molar-refractivity contribution in [1.82, 2.24) is 4.90 Å². The number of hydrogen-bond donors (Lipinski definition) is 2. The molecule has 0 aliphatic carbocycles. The predicted octanol–water partition coefficient (Wildman–Crippen LogP) is 1.63. The van der Waals surface area contributed by atoms with E-state index in [0.29, 0.717) is 0 Å². The first-order valence-corrected chi connectivity index (χ1v) is 5.59. The molecule has 102 valence electrons. The quantitative estimate of drug-likeness (QED) is 0.848. The molecule has 18 heavy (non-hydrogen) atoms. The van der Waals surface area contributed by atoms with E-state index in [4.69, 9.17) is 10.8 Å². The zero-order valence-corrected chi connectivity index (χ0v) is 10.1. The molecule has 1 atom stereocenters. The standard InChI is InChI=1S/C12H17F3N2O/c1-17(6-7-18)11(8-16)9-4-2-3-5-10(9)12(13,14)15/h2-5,11,18H,6-8,16H2,1H3. The molecular formula is C12H17F3N2O. The highest BCUT2D eigenvalue weighted by atomic mass is 19.4. The van der Waals surface area contributed by atoms with E-state index in [2.05, 4.69) is 0 Å². The maximum absolute atomic E-state index is 12.9. The molecule has 0 fully saturated rings. The number of nitrogens with zero attached hydrogens (tertiary/aromatic N) is 1. The van der Waals surface area contributed by atoms with E-state index < -0.39 is 17.8 Å². The SMILES string of the molecule is CN(CCO)C(CN)c1ccccc1C(F)(F)F. The van der Waals surface area contributed by atoms with Crippen LogP contribution in [0.4, 0.5) is 13.2 Å². The molecule has 6 heteroatoms. The summed E-state index contributed by atoms with van der Waals surface area (Å²) < 4.78 is 38.7. The van der Waals surface area contributed by atoms with Crippen LogP contribution in [0.3, 0.4) is 0 Å². The molecule has 0 radical (unpaired) electrons. The Kier molecular flexibility index (Phi) is 5.13. The van der Waals surface area contributed by atoms with E-state index in [1.807, 2.05) is 0 Å². The number of likely N-dealkylation sites (N-methyl/N-ethyl adjacent to an activating group) is 1. The van der Waals surface area contributed by atoms with Crippen LogP contribution in [0.5, 0.6) is 0 Å². The Balaban J connectivity index is 3.13. The van der Waals surface area contributed by atoms with Crippen LogP contribution in [0.1, 0.15) is 17.2 Å². The lowest BCUT2D eigenvalue weighted by Gasteiger charge is -2.28. The lowest BCUT2D eigenvalue weighted by Crippen LogP contribution is -2.34. The van der Waals surface area contributed by atoms with Crippen LogP contribution in [0.2, 0.25) is 0 Å². The van der Waals surface area contributed by atoms with Crippen molar-refractivity contribution >= 4 is 0 Å². The van der Waals surface area contributed by atoms with Gasteiger partial charge in [0.25, 0.3) is 0 Å². The van der Waals surface area contributed by atoms with Crippen molar-refractivity contribution in [2.24, 2.45) is 5.73 Å². The summed E-state index contributed by atoms with van der Waals surface area (Å²) in [6.45, 7) is 0.207. The molecular weight excluding hydrogens is 245 g/mol. The van der Waals surface area contributed by atoms with Crippen molar-refractivity contribution in [3.8, 4) is 0 Å². The minimum atomic E-state index is -4.40. The summed E-state index contributed by atoms with van der Waals surface area (Å²) in [5.74, 6) is 0. The van der Waals surface area contributed by atoms with Crippen LogP contribution in [0, 0.1) is 0 Å². The number of aliphatic hydroxyl groups excluding tert-OH is 1. The maximum atomic E-state index is 12.9. The molecule has 0 amide bonds. The monoisotopic (exact) mass is 262 g/mol. The van der Waals surface area contributed by atoms with Crippen LogP contribution >= 0.6 is 0 Å². The largest absolute Gasteiger partial charge is 0.416 e. The number of halogens is 3. The molecule has 1 aromatic carbocycles. The maximum Gasteiger partial charge on any atom is 0.416 e. The number of alkyl halides is 3. The molecule has 1 aromatic rings. The fraction of sp³-hybridized carbons (Fsp3) is 0.500. The van der Waals surface area contributed by atoms with Crippen LogP contribution < -0.4 is 5.73 Å². The second-order valence-corrected chi connectivity index (χ2v) is 4.04. The highest BCUT2D eigenvalue weighted by Crippen LogP contribution is 2.35. The highest BCUT2D eigenvalue weighted by Gasteiger charge is 2.35. The van der Waals surface area contributed by atoms with E-state index in [1.54, 1.807) is 18.0 Å². The van der Waals surface area contributed by atoms with Crippen LogP contribution in [-0.4, -0.2) is 36.8 Å². The van der Waals surface area contributed by atoms with Gasteiger partial charge in [-0.25, -0.2) is 0 Å². The Bertz CT molecular complexity index is 382. The van der Waals surface area contributed by atoms with Crippen LogP contribution in [0.15, 0.2) is 24.3 Å². The minimum absolute atomic E-state index is 0.0591. The van der Waals surface area contributed by atoms with Gasteiger partial charge in [0.2, 0.25) is 0 Å². The van der Waals surface area contributed by atoms with Crippen molar-refractivity contribution < 1.29 is 18.3 Å². The molecule has 3 nitrogen and oxygen atoms in total. The Morgan fingerprint density at radius 2 is 1.94 bits per heavy atom. The number of aliphatic hydroxyl groups is 1. The summed E-state index contributed by atoms with van der Waals surface area (Å²) >= 11 is 0. The summed E-state index contributed by atoms with van der Waals surface area (Å²) in [5.41, 5.74) is 5.02. The van der Waals surface area contributed by atoms with Crippen molar-refractivity contribution in [2.75, 3.05) is 26.7 Å². The molecule has 3 N–H and O–H groups in total. The summed E-state index contributed by atoms with van der Waals surface area (Å²) in [6.07, 6.45) is -4.40. The summed E-state index contributed by atoms with van der Waals surface area (Å²) in [5, 5.41) is 8.85. The Labute approximate surface area is 104 Å². The Hall–Kier alpha value is -1.11. The molecule has 0 aliphatic heterocycles. The fourth-order valence-electron chi connectivity index (χ4n) is 1.90. The highest BCUT2D eigenvalue weighted by molar-refractivity contribution is 5.32. The molecule has 0 heterocycles. The third-order valence-corrected chi connectivity index (χ3v) is 2.83. The topological polar surface area (TPSA) is 49.5 Å². The molecule has 0 aliphatic rings. The minimum Gasteiger partial charge on any atom is -0.395 e. The summed E-state index contributed by atoms with van der Waals surface area (Å²) in [6, 6.07) is 4.82. The normalized spacial score (nSPS) is 13.9. The van der Waals surface area contributed by atoms with Crippen molar-refractivity contribution in [1.29, 1.82) is 0 Å². The van der Waals surface area contributed by atoms with Gasteiger partial charge in [-0.05, 0) is 18.7 Å². The summed E-state index contributed by atoms with van der Waals surface area (Å²) in [7, 11) is 1.64. The first kappa shape index (κ1) is 14.9. The van der Waals surface area contributed by atoms with Gasteiger partial charge in [-0.15, -0.1) is 0 Å². The lowest BCUT2D eigenvalue weighted by atomic mass is 9.99. The molecule has 1 rings (SSSR count). The van der Waals surface area contributed by atoms with Gasteiger partial charge < -0.3 is 10.8 Å². The Morgan fingerprint density at radius 3 is 2.44 bits per heavy atom. The molecule has 0 saturated carbocycles. The first-order valence-electron chi connectivity index (χ1n) is 5.59. The second kappa shape index (κ2) is 6.17. The third-order valence-electron chi connectivity index (χ3n) is 2.83. The average molecular weight is 262 g/mol. The van der Waals surface area contributed by atoms with Crippen molar-refractivity contribution in [2.45, 2.75) is 12.2 Å². The van der Waals surface area contributed by atoms with Crippen LogP contribution in [-0.2, 0) is 6.18 Å². The van der Waals surface area contributed by atoms with Crippen LogP contribution in [0.25, 0.3) is 0 Å². The summed E-state index contributed by atoms with van der Waals surface area (Å²) in [4.78, 5) is 1.62. The van der Waals surface area contributed by atoms with Gasteiger partial charge in [-0.2, -0.15) is 13.2 Å². The van der Waals surface area contributed by atoms with Gasteiger partial charge >= 0.3 is 6.18 Å². The van der Waals surface area contributed by atoms with E-state index in [9.17, 15) is 13.2 Å². The van der Waals surface area contributed by atoms with Gasteiger partial charge in [0.05, 0.1) is 12.2 Å². The predicted molar refractivity (Wildman–Crippen MR) is 63.0 cm³/mol. The zero-order chi connectivity index (χ0) is 13.8. The van der Waals surface area contributed by atoms with Crippen molar-refractivity contribution in [3.63, 3.8) is 0 Å². The van der Waals surface area contributed by atoms with Gasteiger partial charge in [0.1, 0.15) is 0 Å². The molecule has 0 spiro atoms. The molecule has 1 unspecified atom stereocenters. The van der Waals surface area contributed by atoms with Crippen molar-refractivity contribution in [3.05, 3.63) is 35.4 Å². The number of hydrogen-bond acceptors (Lipinski definition) is 3. The zero-order valence-electron chi connectivity index (χ0n) is 10.1. The fourth-order valence-corrected chi connectivity index (χ4v) is 1.90. The molecule has 0 bridgehead atoms. The van der Waals surface area contributed by atoms with E-state index in [1.165, 1.54) is 12.1 Å². The molecule has 0 aromatic heterocycles. The lowest BCUT2D eigenvalue weighted by molar-refractivity contribution is -0.138.